The van der Waals surface area contributed by atoms with Crippen molar-refractivity contribution < 1.29 is 21.9 Å². The largest absolute Gasteiger partial charge is 0.374 e. The summed E-state index contributed by atoms with van der Waals surface area (Å²) in [6.45, 7) is 1.61. The Morgan fingerprint density at radius 2 is 2.05 bits per heavy atom. The van der Waals surface area contributed by atoms with Crippen molar-refractivity contribution in [3.05, 3.63) is 29.3 Å². The predicted octanol–water partition coefficient (Wildman–Crippen LogP) is 1.27. The van der Waals surface area contributed by atoms with Crippen LogP contribution in [0.4, 0.5) is 8.78 Å². The van der Waals surface area contributed by atoms with Gasteiger partial charge in [-0.3, -0.25) is 0 Å². The van der Waals surface area contributed by atoms with Gasteiger partial charge in [0, 0.05) is 13.1 Å². The summed E-state index contributed by atoms with van der Waals surface area (Å²) in [6, 6.07) is 4.83. The second-order valence-electron chi connectivity index (χ2n) is 4.48. The summed E-state index contributed by atoms with van der Waals surface area (Å²) in [5.41, 5.74) is 1.87. The third-order valence-electron chi connectivity index (χ3n) is 2.78. The second kappa shape index (κ2) is 8.38. The minimum absolute atomic E-state index is 0.0513. The van der Waals surface area contributed by atoms with E-state index in [4.69, 9.17) is 0 Å². The van der Waals surface area contributed by atoms with Crippen molar-refractivity contribution in [3.8, 4) is 0 Å². The van der Waals surface area contributed by atoms with Crippen LogP contribution in [0.25, 0.3) is 0 Å². The van der Waals surface area contributed by atoms with Gasteiger partial charge in [-0.1, -0.05) is 6.07 Å². The molecule has 0 bridgehead atoms. The molecule has 0 aliphatic carbocycles. The number of hydrogen-bond acceptors (Lipinski definition) is 4. The highest BCUT2D eigenvalue weighted by atomic mass is 32.2. The molecule has 0 fully saturated rings. The van der Waals surface area contributed by atoms with Gasteiger partial charge in [-0.25, -0.2) is 21.9 Å². The molecular weight excluding hydrogens is 302 g/mol. The molecule has 0 aliphatic rings. The van der Waals surface area contributed by atoms with Gasteiger partial charge < -0.3 is 10.1 Å². The molecule has 0 aromatic heterocycles. The molecule has 8 heteroatoms. The Morgan fingerprint density at radius 3 is 2.67 bits per heavy atom. The molecule has 21 heavy (non-hydrogen) atoms. The lowest BCUT2D eigenvalue weighted by Crippen LogP contribution is -2.28. The Morgan fingerprint density at radius 1 is 1.33 bits per heavy atom. The number of rotatable bonds is 9. The van der Waals surface area contributed by atoms with E-state index >= 15 is 0 Å². The topological polar surface area (TPSA) is 67.4 Å². The summed E-state index contributed by atoms with van der Waals surface area (Å²) in [7, 11) is -1.89. The first-order valence-corrected chi connectivity index (χ1v) is 7.95. The third-order valence-corrected chi connectivity index (χ3v) is 4.24. The molecule has 0 radical (unpaired) electrons. The van der Waals surface area contributed by atoms with Gasteiger partial charge in [0.25, 0.3) is 6.43 Å². The number of benzene rings is 1. The Balaban J connectivity index is 2.63. The smallest absolute Gasteiger partial charge is 0.261 e. The summed E-state index contributed by atoms with van der Waals surface area (Å²) in [4.78, 5) is 0.146. The van der Waals surface area contributed by atoms with Gasteiger partial charge in [0.2, 0.25) is 10.0 Å². The molecule has 0 amide bonds. The molecule has 2 N–H and O–H groups in total. The summed E-state index contributed by atoms with van der Waals surface area (Å²) in [5.74, 6) is 0. The Labute approximate surface area is 123 Å². The van der Waals surface area contributed by atoms with Crippen LogP contribution in [0.3, 0.4) is 0 Å². The highest BCUT2D eigenvalue weighted by Gasteiger charge is 2.14. The van der Waals surface area contributed by atoms with Gasteiger partial charge in [-0.05, 0) is 37.2 Å². The third kappa shape index (κ3) is 6.04. The van der Waals surface area contributed by atoms with Crippen LogP contribution < -0.4 is 10.0 Å². The molecule has 5 nitrogen and oxygen atoms in total. The molecule has 0 atom stereocenters. The van der Waals surface area contributed by atoms with Crippen LogP contribution in [0.1, 0.15) is 11.1 Å². The Hall–Kier alpha value is -1.09. The Bertz CT molecular complexity index is 550. The predicted molar refractivity (Wildman–Crippen MR) is 76.0 cm³/mol. The van der Waals surface area contributed by atoms with Crippen molar-refractivity contribution >= 4 is 10.0 Å². The summed E-state index contributed by atoms with van der Waals surface area (Å²) >= 11 is 0. The number of alkyl halides is 2. The number of sulfonamides is 1. The lowest BCUT2D eigenvalue weighted by Gasteiger charge is -2.10. The van der Waals surface area contributed by atoms with Crippen LogP contribution in [-0.4, -0.2) is 41.6 Å². The van der Waals surface area contributed by atoms with Crippen LogP contribution in [0.2, 0.25) is 0 Å². The molecule has 120 valence electrons. The van der Waals surface area contributed by atoms with E-state index in [1.807, 2.05) is 6.92 Å². The fraction of sp³-hybridized carbons (Fsp3) is 0.538. The summed E-state index contributed by atoms with van der Waals surface area (Å²) in [6.07, 6.45) is -2.55. The molecule has 0 heterocycles. The quantitative estimate of drug-likeness (QED) is 0.672. The van der Waals surface area contributed by atoms with E-state index in [1.54, 1.807) is 19.2 Å². The van der Waals surface area contributed by atoms with Crippen molar-refractivity contribution in [1.82, 2.24) is 10.0 Å². The maximum atomic E-state index is 12.1. The van der Waals surface area contributed by atoms with Crippen molar-refractivity contribution in [3.63, 3.8) is 0 Å². The zero-order valence-corrected chi connectivity index (χ0v) is 12.8. The maximum absolute atomic E-state index is 12.1. The van der Waals surface area contributed by atoms with E-state index in [9.17, 15) is 17.2 Å². The van der Waals surface area contributed by atoms with Crippen LogP contribution >= 0.6 is 0 Å². The first-order chi connectivity index (χ1) is 9.86. The Kier molecular flexibility index (Phi) is 7.16. The van der Waals surface area contributed by atoms with Crippen molar-refractivity contribution in [1.29, 1.82) is 0 Å². The molecular formula is C13H20F2N2O3S. The fourth-order valence-electron chi connectivity index (χ4n) is 1.70. The van der Waals surface area contributed by atoms with Crippen molar-refractivity contribution in [2.75, 3.05) is 26.8 Å². The minimum Gasteiger partial charge on any atom is -0.374 e. The fourth-order valence-corrected chi connectivity index (χ4v) is 2.76. The lowest BCUT2D eigenvalue weighted by molar-refractivity contribution is 0.0199. The minimum atomic E-state index is -3.66. The van der Waals surface area contributed by atoms with Crippen LogP contribution in [0.15, 0.2) is 23.1 Å². The maximum Gasteiger partial charge on any atom is 0.261 e. The monoisotopic (exact) mass is 322 g/mol. The molecule has 1 aromatic carbocycles. The molecule has 0 saturated heterocycles. The molecule has 1 rings (SSSR count). The molecule has 0 unspecified atom stereocenters. The SMILES string of the molecule is CNCc1cc(S(=O)(=O)NCCOCC(F)F)ccc1C. The second-order valence-corrected chi connectivity index (χ2v) is 6.25. The van der Waals surface area contributed by atoms with Crippen LogP contribution in [-0.2, 0) is 21.3 Å². The summed E-state index contributed by atoms with van der Waals surface area (Å²) < 4.78 is 54.8. The molecule has 0 saturated carbocycles. The van der Waals surface area contributed by atoms with Gasteiger partial charge in [0.1, 0.15) is 6.61 Å². The summed E-state index contributed by atoms with van der Waals surface area (Å²) in [5, 5.41) is 2.97. The molecule has 0 spiro atoms. The van der Waals surface area contributed by atoms with Gasteiger partial charge >= 0.3 is 0 Å². The van der Waals surface area contributed by atoms with E-state index in [-0.39, 0.29) is 18.0 Å². The first kappa shape index (κ1) is 18.0. The molecule has 1 aromatic rings. The van der Waals surface area contributed by atoms with Gasteiger partial charge in [0.05, 0.1) is 11.5 Å². The first-order valence-electron chi connectivity index (χ1n) is 6.46. The van der Waals surface area contributed by atoms with Crippen molar-refractivity contribution in [2.45, 2.75) is 24.8 Å². The van der Waals surface area contributed by atoms with Gasteiger partial charge in [-0.15, -0.1) is 0 Å². The van der Waals surface area contributed by atoms with E-state index < -0.39 is 23.1 Å². The average Bonchev–Trinajstić information content (AvgIpc) is 2.40. The van der Waals surface area contributed by atoms with Crippen LogP contribution in [0, 0.1) is 6.92 Å². The number of halogens is 2. The highest BCUT2D eigenvalue weighted by Crippen LogP contribution is 2.15. The normalized spacial score (nSPS) is 12.0. The van der Waals surface area contributed by atoms with Gasteiger partial charge in [0.15, 0.2) is 0 Å². The van der Waals surface area contributed by atoms with E-state index in [0.29, 0.717) is 6.54 Å². The number of aryl methyl sites for hydroxylation is 1. The van der Waals surface area contributed by atoms with E-state index in [1.165, 1.54) is 6.07 Å². The number of hydrogen-bond donors (Lipinski definition) is 2. The zero-order valence-electron chi connectivity index (χ0n) is 12.0. The van der Waals surface area contributed by atoms with Crippen LogP contribution in [0.5, 0.6) is 0 Å². The average molecular weight is 322 g/mol. The van der Waals surface area contributed by atoms with E-state index in [0.717, 1.165) is 11.1 Å². The van der Waals surface area contributed by atoms with Gasteiger partial charge in [-0.2, -0.15) is 0 Å². The van der Waals surface area contributed by atoms with Crippen molar-refractivity contribution in [2.24, 2.45) is 0 Å². The number of nitrogens with one attached hydrogen (secondary N) is 2. The number of ether oxygens (including phenoxy) is 1. The standard InChI is InChI=1S/C13H20F2N2O3S/c1-10-3-4-12(7-11(10)8-16-2)21(18,19)17-5-6-20-9-13(14)15/h3-4,7,13,16-17H,5-6,8-9H2,1-2H3. The lowest BCUT2D eigenvalue weighted by atomic mass is 10.1. The molecule has 0 aliphatic heterocycles. The zero-order chi connectivity index (χ0) is 15.9. The highest BCUT2D eigenvalue weighted by molar-refractivity contribution is 7.89. The van der Waals surface area contributed by atoms with E-state index in [2.05, 4.69) is 14.8 Å².